The van der Waals surface area contributed by atoms with Crippen LogP contribution in [0.25, 0.3) is 10.8 Å². The highest BCUT2D eigenvalue weighted by atomic mass is 15.2. The zero-order chi connectivity index (χ0) is 12.5. The summed E-state index contributed by atoms with van der Waals surface area (Å²) in [6, 6.07) is 8.60. The maximum Gasteiger partial charge on any atom is 0.136 e. The number of hydrogen-bond donors (Lipinski definition) is 1. The Morgan fingerprint density at radius 3 is 2.44 bits per heavy atom. The van der Waals surface area contributed by atoms with Crippen LogP contribution >= 0.6 is 0 Å². The number of hydrogen-bond acceptors (Lipinski definition) is 3. The van der Waals surface area contributed by atoms with Crippen LogP contribution in [0.1, 0.15) is 11.3 Å². The van der Waals surface area contributed by atoms with Gasteiger partial charge in [0.05, 0.1) is 0 Å². The standard InChI is InChI=1S/C15H19N3/c1-11-12(2)17-15(18-9-7-16-8-10-18)14-6-4-3-5-13(11)14/h3-6,16H,7-10H2,1-2H3. The quantitative estimate of drug-likeness (QED) is 0.830. The van der Waals surface area contributed by atoms with Crippen LogP contribution in [-0.2, 0) is 0 Å². The highest BCUT2D eigenvalue weighted by molar-refractivity contribution is 5.95. The van der Waals surface area contributed by atoms with Crippen LogP contribution in [0, 0.1) is 13.8 Å². The van der Waals surface area contributed by atoms with Crippen LogP contribution in [0.15, 0.2) is 24.3 Å². The Bertz CT molecular complexity index is 571. The van der Waals surface area contributed by atoms with Crippen molar-refractivity contribution in [3.8, 4) is 0 Å². The molecule has 1 aromatic carbocycles. The molecule has 3 nitrogen and oxygen atoms in total. The fraction of sp³-hybridized carbons (Fsp3) is 0.400. The second-order valence-corrected chi connectivity index (χ2v) is 4.93. The molecule has 3 rings (SSSR count). The Hall–Kier alpha value is -1.61. The molecule has 0 bridgehead atoms. The molecule has 1 saturated heterocycles. The van der Waals surface area contributed by atoms with Crippen molar-refractivity contribution in [2.24, 2.45) is 0 Å². The first-order valence-corrected chi connectivity index (χ1v) is 6.59. The lowest BCUT2D eigenvalue weighted by atomic mass is 10.0. The van der Waals surface area contributed by atoms with Crippen LogP contribution in [-0.4, -0.2) is 31.2 Å². The van der Waals surface area contributed by atoms with E-state index in [4.69, 9.17) is 4.98 Å². The summed E-state index contributed by atoms with van der Waals surface area (Å²) in [5.74, 6) is 1.15. The van der Waals surface area contributed by atoms with E-state index in [-0.39, 0.29) is 0 Å². The summed E-state index contributed by atoms with van der Waals surface area (Å²) >= 11 is 0. The van der Waals surface area contributed by atoms with Crippen LogP contribution < -0.4 is 10.2 Å². The molecule has 1 aliphatic heterocycles. The van der Waals surface area contributed by atoms with Crippen molar-refractivity contribution < 1.29 is 0 Å². The second-order valence-electron chi connectivity index (χ2n) is 4.93. The number of piperazine rings is 1. The fourth-order valence-corrected chi connectivity index (χ4v) is 2.62. The minimum atomic E-state index is 1.04. The maximum atomic E-state index is 4.82. The average Bonchev–Trinajstić information content (AvgIpc) is 2.44. The van der Waals surface area contributed by atoms with Gasteiger partial charge < -0.3 is 10.2 Å². The molecule has 0 atom stereocenters. The Morgan fingerprint density at radius 1 is 1.06 bits per heavy atom. The highest BCUT2D eigenvalue weighted by Gasteiger charge is 2.16. The van der Waals surface area contributed by atoms with E-state index < -0.39 is 0 Å². The first kappa shape index (κ1) is 11.5. The number of fused-ring (bicyclic) bond motifs is 1. The summed E-state index contributed by atoms with van der Waals surface area (Å²) in [7, 11) is 0. The SMILES string of the molecule is Cc1nc(N2CCNCC2)c2ccccc2c1C. The molecule has 1 N–H and O–H groups in total. The molecule has 2 aromatic rings. The number of rotatable bonds is 1. The molecule has 0 saturated carbocycles. The van der Waals surface area contributed by atoms with E-state index in [1.165, 1.54) is 16.3 Å². The van der Waals surface area contributed by atoms with Crippen molar-refractivity contribution in [3.05, 3.63) is 35.5 Å². The molecule has 0 radical (unpaired) electrons. The molecule has 1 fully saturated rings. The van der Waals surface area contributed by atoms with Gasteiger partial charge in [0, 0.05) is 37.3 Å². The molecular weight excluding hydrogens is 222 g/mol. The number of nitrogens with one attached hydrogen (secondary N) is 1. The van der Waals surface area contributed by atoms with Crippen molar-refractivity contribution in [3.63, 3.8) is 0 Å². The van der Waals surface area contributed by atoms with Gasteiger partial charge in [-0.3, -0.25) is 0 Å². The lowest BCUT2D eigenvalue weighted by molar-refractivity contribution is 0.586. The summed E-state index contributed by atoms with van der Waals surface area (Å²) in [6.07, 6.45) is 0. The molecule has 2 heterocycles. The van der Waals surface area contributed by atoms with E-state index >= 15 is 0 Å². The smallest absolute Gasteiger partial charge is 0.136 e. The van der Waals surface area contributed by atoms with E-state index in [1.54, 1.807) is 0 Å². The molecule has 94 valence electrons. The molecule has 3 heteroatoms. The molecule has 0 spiro atoms. The summed E-state index contributed by atoms with van der Waals surface area (Å²) in [5, 5.41) is 6.00. The highest BCUT2D eigenvalue weighted by Crippen LogP contribution is 2.28. The second kappa shape index (κ2) is 4.58. The van der Waals surface area contributed by atoms with E-state index in [9.17, 15) is 0 Å². The molecule has 1 aliphatic rings. The fourth-order valence-electron chi connectivity index (χ4n) is 2.62. The molecule has 1 aromatic heterocycles. The molecule has 18 heavy (non-hydrogen) atoms. The number of aryl methyl sites for hydroxylation is 2. The Morgan fingerprint density at radius 2 is 1.72 bits per heavy atom. The monoisotopic (exact) mass is 241 g/mol. The van der Waals surface area contributed by atoms with Crippen molar-refractivity contribution in [1.82, 2.24) is 10.3 Å². The Kier molecular flexibility index (Phi) is 2.92. The van der Waals surface area contributed by atoms with Gasteiger partial charge in [-0.2, -0.15) is 0 Å². The maximum absolute atomic E-state index is 4.82. The van der Waals surface area contributed by atoms with Gasteiger partial charge in [0.25, 0.3) is 0 Å². The number of benzene rings is 1. The third kappa shape index (κ3) is 1.85. The summed E-state index contributed by atoms with van der Waals surface area (Å²) < 4.78 is 0. The summed E-state index contributed by atoms with van der Waals surface area (Å²) in [6.45, 7) is 8.44. The molecule has 0 amide bonds. The first-order valence-electron chi connectivity index (χ1n) is 6.59. The zero-order valence-corrected chi connectivity index (χ0v) is 11.0. The van der Waals surface area contributed by atoms with Crippen LogP contribution in [0.3, 0.4) is 0 Å². The van der Waals surface area contributed by atoms with Gasteiger partial charge in [0.15, 0.2) is 0 Å². The largest absolute Gasteiger partial charge is 0.354 e. The molecule has 0 aliphatic carbocycles. The predicted octanol–water partition coefficient (Wildman–Crippen LogP) is 2.26. The third-order valence-electron chi connectivity index (χ3n) is 3.80. The minimum Gasteiger partial charge on any atom is -0.354 e. The molecule has 0 unspecified atom stereocenters. The number of nitrogens with zero attached hydrogens (tertiary/aromatic N) is 2. The van der Waals surface area contributed by atoms with E-state index in [0.29, 0.717) is 0 Å². The normalized spacial score (nSPS) is 16.2. The van der Waals surface area contributed by atoms with Crippen LogP contribution in [0.5, 0.6) is 0 Å². The lowest BCUT2D eigenvalue weighted by Crippen LogP contribution is -2.44. The van der Waals surface area contributed by atoms with E-state index in [2.05, 4.69) is 48.3 Å². The van der Waals surface area contributed by atoms with Crippen LogP contribution in [0.2, 0.25) is 0 Å². The van der Waals surface area contributed by atoms with Crippen molar-refractivity contribution in [2.45, 2.75) is 13.8 Å². The van der Waals surface area contributed by atoms with Gasteiger partial charge in [-0.25, -0.2) is 4.98 Å². The van der Waals surface area contributed by atoms with Gasteiger partial charge in [-0.15, -0.1) is 0 Å². The van der Waals surface area contributed by atoms with E-state index in [1.807, 2.05) is 0 Å². The predicted molar refractivity (Wildman–Crippen MR) is 76.3 cm³/mol. The van der Waals surface area contributed by atoms with Crippen LogP contribution in [0.4, 0.5) is 5.82 Å². The van der Waals surface area contributed by atoms with Gasteiger partial charge in [-0.1, -0.05) is 24.3 Å². The third-order valence-corrected chi connectivity index (χ3v) is 3.80. The minimum absolute atomic E-state index is 1.04. The van der Waals surface area contributed by atoms with Crippen molar-refractivity contribution in [2.75, 3.05) is 31.1 Å². The van der Waals surface area contributed by atoms with E-state index in [0.717, 1.165) is 37.7 Å². The summed E-state index contributed by atoms with van der Waals surface area (Å²) in [5.41, 5.74) is 2.44. The Labute approximate surface area is 108 Å². The van der Waals surface area contributed by atoms with Crippen molar-refractivity contribution >= 4 is 16.6 Å². The topological polar surface area (TPSA) is 28.2 Å². The number of aromatic nitrogens is 1. The van der Waals surface area contributed by atoms with Gasteiger partial charge in [-0.05, 0) is 24.8 Å². The lowest BCUT2D eigenvalue weighted by Gasteiger charge is -2.30. The van der Waals surface area contributed by atoms with Gasteiger partial charge in [0.1, 0.15) is 5.82 Å². The average molecular weight is 241 g/mol. The number of anilines is 1. The Balaban J connectivity index is 2.18. The molecular formula is C15H19N3. The first-order chi connectivity index (χ1) is 8.77. The van der Waals surface area contributed by atoms with Gasteiger partial charge in [0.2, 0.25) is 0 Å². The van der Waals surface area contributed by atoms with Gasteiger partial charge >= 0.3 is 0 Å². The van der Waals surface area contributed by atoms with Crippen molar-refractivity contribution in [1.29, 1.82) is 0 Å². The summed E-state index contributed by atoms with van der Waals surface area (Å²) in [4.78, 5) is 7.22. The number of pyridine rings is 1. The zero-order valence-electron chi connectivity index (χ0n) is 11.0.